The van der Waals surface area contributed by atoms with Gasteiger partial charge in [0.2, 0.25) is 22.6 Å². The molecule has 14 heavy (non-hydrogen) atoms. The molecule has 0 N–H and O–H groups in total. The lowest BCUT2D eigenvalue weighted by Gasteiger charge is -1.92. The highest BCUT2D eigenvalue weighted by molar-refractivity contribution is 5.75. The van der Waals surface area contributed by atoms with E-state index in [1.165, 1.54) is 0 Å². The molecule has 0 saturated carbocycles. The van der Waals surface area contributed by atoms with Gasteiger partial charge < -0.3 is 0 Å². The first kappa shape index (κ1) is 6.94. The second-order valence-corrected chi connectivity index (χ2v) is 2.28. The molecule has 0 spiro atoms. The summed E-state index contributed by atoms with van der Waals surface area (Å²) in [5, 5.41) is 27.8. The highest BCUT2D eigenvalue weighted by Gasteiger charge is 2.06. The highest BCUT2D eigenvalue weighted by atomic mass is 15.5. The molecule has 0 aliphatic heterocycles. The van der Waals surface area contributed by atoms with Gasteiger partial charge in [0.05, 0.1) is 0 Å². The largest absolute Gasteiger partial charge is 0.225 e. The molecule has 0 aromatic carbocycles. The molecule has 0 unspecified atom stereocenters. The lowest BCUT2D eigenvalue weighted by Crippen LogP contribution is -2.02. The summed E-state index contributed by atoms with van der Waals surface area (Å²) in [6.07, 6.45) is 0. The number of fused-ring (bicyclic) bond motifs is 2. The summed E-state index contributed by atoms with van der Waals surface area (Å²) in [7, 11) is 0. The predicted octanol–water partition coefficient (Wildman–Crippen LogP) is -2.06. The Hall–Kier alpha value is -2.52. The van der Waals surface area contributed by atoms with Crippen LogP contribution >= 0.6 is 0 Å². The molecular weight excluding hydrogens is 188 g/mol. The summed E-state index contributed by atoms with van der Waals surface area (Å²) in [5.41, 5.74) is 0.981. The van der Waals surface area contributed by atoms with E-state index in [9.17, 15) is 0 Å². The van der Waals surface area contributed by atoms with Gasteiger partial charge in [-0.25, -0.2) is 0 Å². The Labute approximate surface area is 74.8 Å². The van der Waals surface area contributed by atoms with Crippen LogP contribution in [0.15, 0.2) is 0 Å². The van der Waals surface area contributed by atoms with E-state index >= 15 is 0 Å². The molecule has 0 saturated heterocycles. The molecule has 66 valence electrons. The standard InChI is InChI=1S/C4N10/c5-1-2(8-12-11-7-1)6-4-3(5)9-13-14-10-4. The van der Waals surface area contributed by atoms with Crippen LogP contribution in [0.4, 0.5) is 0 Å². The Kier molecular flexibility index (Phi) is 1.23. The van der Waals surface area contributed by atoms with Gasteiger partial charge in [0.15, 0.2) is 0 Å². The minimum absolute atomic E-state index is 0.245. The summed E-state index contributed by atoms with van der Waals surface area (Å²) in [6.45, 7) is 0. The smallest absolute Gasteiger partial charge is 0.199 e. The van der Waals surface area contributed by atoms with Crippen molar-refractivity contribution in [2.45, 2.75) is 0 Å². The predicted molar refractivity (Wildman–Crippen MR) is 39.4 cm³/mol. The summed E-state index contributed by atoms with van der Waals surface area (Å²) in [4.78, 5) is 7.93. The topological polar surface area (TPSA) is 129 Å². The van der Waals surface area contributed by atoms with Crippen LogP contribution in [0.1, 0.15) is 0 Å². The minimum atomic E-state index is 0.245. The second-order valence-electron chi connectivity index (χ2n) is 2.28. The van der Waals surface area contributed by atoms with E-state index in [0.29, 0.717) is 0 Å². The number of aromatic nitrogens is 10. The van der Waals surface area contributed by atoms with Crippen LogP contribution in [0.2, 0.25) is 0 Å². The zero-order valence-corrected chi connectivity index (χ0v) is 6.47. The van der Waals surface area contributed by atoms with Gasteiger partial charge >= 0.3 is 0 Å². The van der Waals surface area contributed by atoms with Crippen molar-refractivity contribution >= 4 is 22.6 Å². The molecule has 0 aliphatic rings. The third-order valence-electron chi connectivity index (χ3n) is 1.46. The van der Waals surface area contributed by atoms with Gasteiger partial charge in [-0.15, -0.1) is 20.4 Å². The van der Waals surface area contributed by atoms with Crippen molar-refractivity contribution in [3.63, 3.8) is 0 Å². The normalized spacial score (nSPS) is 10.9. The fraction of sp³-hybridized carbons (Fsp3) is 0. The van der Waals surface area contributed by atoms with Gasteiger partial charge in [0, 0.05) is 0 Å². The summed E-state index contributed by atoms with van der Waals surface area (Å²) >= 11 is 0. The van der Waals surface area contributed by atoms with Crippen LogP contribution in [-0.2, 0) is 0 Å². The van der Waals surface area contributed by atoms with Crippen LogP contribution in [0.5, 0.6) is 0 Å². The van der Waals surface area contributed by atoms with E-state index in [4.69, 9.17) is 0 Å². The molecular formula is C4N10. The molecule has 3 aromatic heterocycles. The van der Waals surface area contributed by atoms with Crippen molar-refractivity contribution < 1.29 is 0 Å². The van der Waals surface area contributed by atoms with E-state index in [0.717, 1.165) is 0 Å². The van der Waals surface area contributed by atoms with E-state index in [-0.39, 0.29) is 22.6 Å². The molecule has 3 rings (SSSR count). The van der Waals surface area contributed by atoms with Crippen LogP contribution in [0, 0.1) is 0 Å². The first-order valence-corrected chi connectivity index (χ1v) is 3.49. The number of hydrogen-bond donors (Lipinski definition) is 0. The van der Waals surface area contributed by atoms with Crippen molar-refractivity contribution in [2.24, 2.45) is 0 Å². The molecule has 0 radical (unpaired) electrons. The molecule has 0 atom stereocenters. The van der Waals surface area contributed by atoms with Gasteiger partial charge in [0.1, 0.15) is 0 Å². The zero-order valence-electron chi connectivity index (χ0n) is 6.47. The summed E-state index contributed by atoms with van der Waals surface area (Å²) in [6, 6.07) is 0. The summed E-state index contributed by atoms with van der Waals surface area (Å²) in [5.74, 6) is 0. The third-order valence-corrected chi connectivity index (χ3v) is 1.46. The van der Waals surface area contributed by atoms with Crippen LogP contribution in [0.25, 0.3) is 22.6 Å². The molecule has 0 aliphatic carbocycles. The van der Waals surface area contributed by atoms with Crippen molar-refractivity contribution in [1.82, 2.24) is 51.2 Å². The van der Waals surface area contributed by atoms with Gasteiger partial charge in [-0.3, -0.25) is 0 Å². The third kappa shape index (κ3) is 0.903. The Balaban J connectivity index is 2.52. The van der Waals surface area contributed by atoms with Crippen molar-refractivity contribution in [3.8, 4) is 0 Å². The quantitative estimate of drug-likeness (QED) is 0.363. The van der Waals surface area contributed by atoms with Crippen molar-refractivity contribution in [1.29, 1.82) is 0 Å². The summed E-state index contributed by atoms with van der Waals surface area (Å²) < 4.78 is 0. The van der Waals surface area contributed by atoms with E-state index in [1.54, 1.807) is 0 Å². The first-order chi connectivity index (χ1) is 6.93. The maximum absolute atomic E-state index is 3.96. The molecule has 10 nitrogen and oxygen atoms in total. The molecule has 0 amide bonds. The maximum atomic E-state index is 3.96. The fourth-order valence-electron chi connectivity index (χ4n) is 0.918. The Morgan fingerprint density at radius 2 is 0.714 bits per heavy atom. The van der Waals surface area contributed by atoms with Crippen molar-refractivity contribution in [3.05, 3.63) is 0 Å². The van der Waals surface area contributed by atoms with E-state index < -0.39 is 0 Å². The number of rotatable bonds is 0. The Bertz CT molecular complexity index is 501. The Morgan fingerprint density at radius 1 is 0.429 bits per heavy atom. The maximum Gasteiger partial charge on any atom is 0.225 e. The van der Waals surface area contributed by atoms with Crippen LogP contribution in [0.3, 0.4) is 0 Å². The van der Waals surface area contributed by atoms with Crippen LogP contribution < -0.4 is 0 Å². The van der Waals surface area contributed by atoms with Gasteiger partial charge in [0.25, 0.3) is 0 Å². The molecule has 10 heteroatoms. The monoisotopic (exact) mass is 188 g/mol. The number of hydrogen-bond acceptors (Lipinski definition) is 10. The lowest BCUT2D eigenvalue weighted by atomic mass is 10.6. The fourth-order valence-corrected chi connectivity index (χ4v) is 0.918. The SMILES string of the molecule is n1nnc2nc3nnnnc3nc2n1. The van der Waals surface area contributed by atoms with Gasteiger partial charge in [-0.05, 0) is 20.9 Å². The zero-order chi connectivity index (χ0) is 9.38. The number of nitrogens with zero attached hydrogens (tertiary/aromatic N) is 10. The molecule has 3 heterocycles. The van der Waals surface area contributed by atoms with E-state index in [1.807, 2.05) is 0 Å². The Morgan fingerprint density at radius 3 is 1.00 bits per heavy atom. The van der Waals surface area contributed by atoms with Crippen molar-refractivity contribution in [2.75, 3.05) is 0 Å². The van der Waals surface area contributed by atoms with Crippen LogP contribution in [-0.4, -0.2) is 51.2 Å². The average molecular weight is 188 g/mol. The molecule has 3 aromatic rings. The average Bonchev–Trinajstić information content (AvgIpc) is 2.26. The van der Waals surface area contributed by atoms with Gasteiger partial charge in [-0.1, -0.05) is 0 Å². The lowest BCUT2D eigenvalue weighted by molar-refractivity contribution is 0.766. The van der Waals surface area contributed by atoms with E-state index in [2.05, 4.69) is 51.2 Å². The van der Waals surface area contributed by atoms with Gasteiger partial charge in [-0.2, -0.15) is 9.97 Å². The molecule has 0 fully saturated rings. The first-order valence-electron chi connectivity index (χ1n) is 3.49. The highest BCUT2D eigenvalue weighted by Crippen LogP contribution is 2.03. The molecule has 0 bridgehead atoms. The second kappa shape index (κ2) is 2.48. The minimum Gasteiger partial charge on any atom is -0.199 e.